The van der Waals surface area contributed by atoms with Crippen molar-refractivity contribution in [1.82, 2.24) is 5.48 Å². The van der Waals surface area contributed by atoms with Gasteiger partial charge >= 0.3 is 6.09 Å². The minimum atomic E-state index is -0.795. The van der Waals surface area contributed by atoms with E-state index in [1.165, 1.54) is 0 Å². The van der Waals surface area contributed by atoms with Gasteiger partial charge in [-0.1, -0.05) is 0 Å². The Morgan fingerprint density at radius 3 is 2.36 bits per heavy atom. The second kappa shape index (κ2) is 3.57. The molecule has 1 saturated carbocycles. The molecule has 80 valence electrons. The molecule has 1 fully saturated rings. The highest BCUT2D eigenvalue weighted by atomic mass is 16.7. The Hall–Kier alpha value is -1.10. The molecule has 5 nitrogen and oxygen atoms in total. The topological polar surface area (TPSA) is 64.6 Å². The van der Waals surface area contributed by atoms with Crippen LogP contribution in [-0.4, -0.2) is 23.6 Å². The van der Waals surface area contributed by atoms with Gasteiger partial charge in [-0.2, -0.15) is 5.48 Å². The number of carbonyl (C=O) groups is 2. The smallest absolute Gasteiger partial charge is 0.431 e. The van der Waals surface area contributed by atoms with Crippen LogP contribution in [0.1, 0.15) is 33.6 Å². The Morgan fingerprint density at radius 2 is 2.00 bits per heavy atom. The van der Waals surface area contributed by atoms with Crippen molar-refractivity contribution in [3.8, 4) is 0 Å². The normalized spacial score (nSPS) is 18.5. The molecule has 1 rings (SSSR count). The number of amides is 1. The average Bonchev–Trinajstić information content (AvgIpc) is 2.78. The molecule has 5 heteroatoms. The first-order valence-corrected chi connectivity index (χ1v) is 4.50. The number of nitrogens with one attached hydrogen (secondary N) is 1. The molecule has 1 aliphatic rings. The number of rotatable bonds is 3. The molecule has 0 aliphatic heterocycles. The van der Waals surface area contributed by atoms with Gasteiger partial charge in [0, 0.05) is 0 Å². The van der Waals surface area contributed by atoms with Gasteiger partial charge in [-0.15, -0.1) is 0 Å². The summed E-state index contributed by atoms with van der Waals surface area (Å²) < 4.78 is 4.91. The van der Waals surface area contributed by atoms with E-state index in [-0.39, 0.29) is 0 Å². The maximum atomic E-state index is 11.1. The van der Waals surface area contributed by atoms with Crippen LogP contribution in [0.3, 0.4) is 0 Å². The molecule has 0 atom stereocenters. The first-order valence-electron chi connectivity index (χ1n) is 4.50. The maximum Gasteiger partial charge on any atom is 0.431 e. The van der Waals surface area contributed by atoms with E-state index in [1.54, 1.807) is 20.8 Å². The molecule has 0 aromatic carbocycles. The maximum absolute atomic E-state index is 11.1. The fourth-order valence-corrected chi connectivity index (χ4v) is 0.809. The highest BCUT2D eigenvalue weighted by Gasteiger charge is 2.45. The average molecular weight is 201 g/mol. The van der Waals surface area contributed by atoms with Crippen LogP contribution < -0.4 is 5.48 Å². The Kier molecular flexibility index (Phi) is 2.80. The Morgan fingerprint density at radius 1 is 1.43 bits per heavy atom. The van der Waals surface area contributed by atoms with Crippen molar-refractivity contribution in [2.75, 3.05) is 0 Å². The standard InChI is InChI=1S/C9H15NO4/c1-8(2,3)13-7(12)10-14-9(6-11)4-5-9/h6H,4-5H2,1-3H3,(H,10,12). The fourth-order valence-electron chi connectivity index (χ4n) is 0.809. The Bertz CT molecular complexity index is 240. The molecule has 0 spiro atoms. The third-order valence-electron chi connectivity index (χ3n) is 1.69. The number of hydrogen-bond acceptors (Lipinski definition) is 4. The third kappa shape index (κ3) is 3.33. The Labute approximate surface area is 82.7 Å². The van der Waals surface area contributed by atoms with E-state index in [2.05, 4.69) is 5.48 Å². The summed E-state index contributed by atoms with van der Waals surface area (Å²) in [5.41, 5.74) is 0.742. The number of ether oxygens (including phenoxy) is 1. The predicted molar refractivity (Wildman–Crippen MR) is 48.5 cm³/mol. The first kappa shape index (κ1) is 11.0. The quantitative estimate of drug-likeness (QED) is 0.550. The minimum absolute atomic E-state index is 0.564. The summed E-state index contributed by atoms with van der Waals surface area (Å²) >= 11 is 0. The van der Waals surface area contributed by atoms with Crippen LogP contribution in [0, 0.1) is 0 Å². The summed E-state index contributed by atoms with van der Waals surface area (Å²) in [6.07, 6.45) is 1.31. The molecule has 1 amide bonds. The first-order chi connectivity index (χ1) is 6.37. The second-order valence-electron chi connectivity index (χ2n) is 4.39. The highest BCUT2D eigenvalue weighted by Crippen LogP contribution is 2.36. The van der Waals surface area contributed by atoms with Crippen molar-refractivity contribution in [1.29, 1.82) is 0 Å². The van der Waals surface area contributed by atoms with E-state index in [1.807, 2.05) is 0 Å². The molecule has 0 aromatic rings. The summed E-state index contributed by atoms with van der Waals surface area (Å²) in [4.78, 5) is 26.4. The molecule has 0 saturated heterocycles. The minimum Gasteiger partial charge on any atom is -0.442 e. The number of carbonyl (C=O) groups excluding carboxylic acids is 2. The van der Waals surface area contributed by atoms with Gasteiger partial charge in [-0.25, -0.2) is 4.79 Å². The molecule has 14 heavy (non-hydrogen) atoms. The van der Waals surface area contributed by atoms with E-state index >= 15 is 0 Å². The zero-order valence-electron chi connectivity index (χ0n) is 8.62. The second-order valence-corrected chi connectivity index (χ2v) is 4.39. The van der Waals surface area contributed by atoms with Crippen LogP contribution in [0.2, 0.25) is 0 Å². The van der Waals surface area contributed by atoms with E-state index in [0.29, 0.717) is 19.1 Å². The van der Waals surface area contributed by atoms with Gasteiger partial charge in [0.15, 0.2) is 11.9 Å². The lowest BCUT2D eigenvalue weighted by Gasteiger charge is -2.20. The summed E-state index contributed by atoms with van der Waals surface area (Å²) in [7, 11) is 0. The highest BCUT2D eigenvalue weighted by molar-refractivity contribution is 5.69. The largest absolute Gasteiger partial charge is 0.442 e. The lowest BCUT2D eigenvalue weighted by atomic mass is 10.2. The lowest BCUT2D eigenvalue weighted by Crippen LogP contribution is -2.36. The number of hydroxylamine groups is 1. The van der Waals surface area contributed by atoms with Gasteiger partial charge < -0.3 is 9.53 Å². The van der Waals surface area contributed by atoms with Crippen molar-refractivity contribution in [3.05, 3.63) is 0 Å². The van der Waals surface area contributed by atoms with Crippen molar-refractivity contribution in [2.24, 2.45) is 0 Å². The summed E-state index contributed by atoms with van der Waals surface area (Å²) in [5, 5.41) is 0. The molecule has 0 radical (unpaired) electrons. The van der Waals surface area contributed by atoms with Crippen molar-refractivity contribution < 1.29 is 19.2 Å². The van der Waals surface area contributed by atoms with Crippen LogP contribution in [0.25, 0.3) is 0 Å². The van der Waals surface area contributed by atoms with Crippen molar-refractivity contribution in [2.45, 2.75) is 44.8 Å². The zero-order chi connectivity index (χ0) is 10.8. The lowest BCUT2D eigenvalue weighted by molar-refractivity contribution is -0.126. The molecule has 1 N–H and O–H groups in total. The SMILES string of the molecule is CC(C)(C)OC(=O)NOC1(C=O)CC1. The zero-order valence-corrected chi connectivity index (χ0v) is 8.62. The van der Waals surface area contributed by atoms with Crippen LogP contribution >= 0.6 is 0 Å². The van der Waals surface area contributed by atoms with E-state index in [9.17, 15) is 9.59 Å². The van der Waals surface area contributed by atoms with E-state index in [0.717, 1.165) is 0 Å². The summed E-state index contributed by atoms with van der Waals surface area (Å²) in [5.74, 6) is 0. The molecular weight excluding hydrogens is 186 g/mol. The monoisotopic (exact) mass is 201 g/mol. The van der Waals surface area contributed by atoms with E-state index < -0.39 is 17.3 Å². The van der Waals surface area contributed by atoms with E-state index in [4.69, 9.17) is 9.57 Å². The molecule has 0 aromatic heterocycles. The molecule has 0 unspecified atom stereocenters. The number of hydrogen-bond donors (Lipinski definition) is 1. The summed E-state index contributed by atoms with van der Waals surface area (Å²) in [6.45, 7) is 5.25. The fraction of sp³-hybridized carbons (Fsp3) is 0.778. The molecular formula is C9H15NO4. The van der Waals surface area contributed by atoms with Gasteiger partial charge in [0.25, 0.3) is 0 Å². The van der Waals surface area contributed by atoms with Crippen LogP contribution in [0.4, 0.5) is 4.79 Å². The summed E-state index contributed by atoms with van der Waals surface area (Å²) in [6, 6.07) is 0. The van der Waals surface area contributed by atoms with Crippen LogP contribution in [0.5, 0.6) is 0 Å². The van der Waals surface area contributed by atoms with Gasteiger partial charge in [-0.3, -0.25) is 4.84 Å². The van der Waals surface area contributed by atoms with Gasteiger partial charge in [0.05, 0.1) is 0 Å². The molecule has 0 heterocycles. The third-order valence-corrected chi connectivity index (χ3v) is 1.69. The predicted octanol–water partition coefficient (Wildman–Crippen LogP) is 1.17. The van der Waals surface area contributed by atoms with Gasteiger partial charge in [0.2, 0.25) is 0 Å². The number of aldehydes is 1. The van der Waals surface area contributed by atoms with Crippen molar-refractivity contribution >= 4 is 12.4 Å². The molecule has 1 aliphatic carbocycles. The van der Waals surface area contributed by atoms with Gasteiger partial charge in [0.1, 0.15) is 5.60 Å². The van der Waals surface area contributed by atoms with Crippen LogP contribution in [-0.2, 0) is 14.4 Å². The van der Waals surface area contributed by atoms with Crippen molar-refractivity contribution in [3.63, 3.8) is 0 Å². The molecule has 0 bridgehead atoms. The van der Waals surface area contributed by atoms with Gasteiger partial charge in [-0.05, 0) is 33.6 Å². The van der Waals surface area contributed by atoms with Crippen LogP contribution in [0.15, 0.2) is 0 Å². The Balaban J connectivity index is 2.25.